The highest BCUT2D eigenvalue weighted by atomic mass is 16.5. The number of terminal acetylenes is 1. The Hall–Kier alpha value is -1.46. The molecule has 0 fully saturated rings. The fraction of sp³-hybridized carbons (Fsp3) is 0.500. The Morgan fingerprint density at radius 3 is 2.89 bits per heavy atom. The summed E-state index contributed by atoms with van der Waals surface area (Å²) in [5.74, 6) is 3.61. The molecule has 1 rings (SSSR count). The second-order valence-corrected chi connectivity index (χ2v) is 4.59. The monoisotopic (exact) mass is 245 g/mol. The maximum absolute atomic E-state index is 6.02. The summed E-state index contributed by atoms with van der Waals surface area (Å²) < 4.78 is 5.86. The molecule has 0 radical (unpaired) electrons. The van der Waals surface area contributed by atoms with Gasteiger partial charge >= 0.3 is 0 Å². The minimum Gasteiger partial charge on any atom is -0.493 e. The van der Waals surface area contributed by atoms with Gasteiger partial charge in [-0.15, -0.1) is 12.3 Å². The topological polar surface area (TPSA) is 35.2 Å². The van der Waals surface area contributed by atoms with Crippen molar-refractivity contribution in [2.45, 2.75) is 45.6 Å². The Morgan fingerprint density at radius 1 is 1.44 bits per heavy atom. The van der Waals surface area contributed by atoms with Gasteiger partial charge in [0, 0.05) is 12.5 Å². The molecule has 0 aliphatic carbocycles. The number of rotatable bonds is 7. The van der Waals surface area contributed by atoms with Crippen molar-refractivity contribution >= 4 is 0 Å². The Morgan fingerprint density at radius 2 is 2.22 bits per heavy atom. The molecule has 0 saturated heterocycles. The van der Waals surface area contributed by atoms with Gasteiger partial charge in [-0.05, 0) is 37.3 Å². The quantitative estimate of drug-likeness (QED) is 0.592. The van der Waals surface area contributed by atoms with Gasteiger partial charge in [-0.2, -0.15) is 0 Å². The molecule has 0 aliphatic heterocycles. The van der Waals surface area contributed by atoms with Crippen LogP contribution in [0.2, 0.25) is 0 Å². The van der Waals surface area contributed by atoms with Crippen LogP contribution < -0.4 is 10.5 Å². The predicted octanol–water partition coefficient (Wildman–Crippen LogP) is 3.07. The molecule has 1 atom stereocenters. The van der Waals surface area contributed by atoms with Crippen LogP contribution in [-0.2, 0) is 6.42 Å². The van der Waals surface area contributed by atoms with Crippen LogP contribution in [0.4, 0.5) is 0 Å². The Balaban J connectivity index is 2.71. The summed E-state index contributed by atoms with van der Waals surface area (Å²) in [5.41, 5.74) is 8.38. The minimum absolute atomic E-state index is 0.194. The molecular formula is C16H23NO. The highest BCUT2D eigenvalue weighted by Gasteiger charge is 2.10. The number of benzene rings is 1. The van der Waals surface area contributed by atoms with Gasteiger partial charge in [0.25, 0.3) is 0 Å². The Labute approximate surface area is 111 Å². The van der Waals surface area contributed by atoms with Gasteiger partial charge in [0.05, 0.1) is 6.61 Å². The van der Waals surface area contributed by atoms with Gasteiger partial charge < -0.3 is 10.5 Å². The first-order chi connectivity index (χ1) is 8.69. The van der Waals surface area contributed by atoms with Gasteiger partial charge in [0.1, 0.15) is 5.75 Å². The van der Waals surface area contributed by atoms with Crippen LogP contribution in [0.1, 0.15) is 37.3 Å². The van der Waals surface area contributed by atoms with E-state index in [1.807, 2.05) is 0 Å². The molecule has 2 N–H and O–H groups in total. The molecule has 0 heterocycles. The maximum Gasteiger partial charge on any atom is 0.125 e. The largest absolute Gasteiger partial charge is 0.493 e. The van der Waals surface area contributed by atoms with Crippen LogP contribution in [0, 0.1) is 19.3 Å². The van der Waals surface area contributed by atoms with E-state index >= 15 is 0 Å². The van der Waals surface area contributed by atoms with Gasteiger partial charge in [-0.25, -0.2) is 0 Å². The summed E-state index contributed by atoms with van der Waals surface area (Å²) in [6.45, 7) is 4.84. The lowest BCUT2D eigenvalue weighted by Gasteiger charge is -2.16. The highest BCUT2D eigenvalue weighted by molar-refractivity contribution is 5.41. The molecule has 1 aromatic rings. The van der Waals surface area contributed by atoms with Crippen molar-refractivity contribution in [2.24, 2.45) is 5.73 Å². The number of ether oxygens (including phenoxy) is 1. The van der Waals surface area contributed by atoms with Crippen molar-refractivity contribution in [1.82, 2.24) is 0 Å². The van der Waals surface area contributed by atoms with Crippen LogP contribution in [-0.4, -0.2) is 12.6 Å². The average Bonchev–Trinajstić information content (AvgIpc) is 2.37. The van der Waals surface area contributed by atoms with E-state index in [9.17, 15) is 0 Å². The Kier molecular flexibility index (Phi) is 6.32. The van der Waals surface area contributed by atoms with E-state index in [1.54, 1.807) is 0 Å². The number of hydrogen-bond donors (Lipinski definition) is 1. The Bertz CT molecular complexity index is 406. The molecule has 0 aliphatic rings. The summed E-state index contributed by atoms with van der Waals surface area (Å²) in [6.07, 6.45) is 8.72. The SMILES string of the molecule is C#CCCCOc1c(C)cccc1CC(N)CC. The lowest BCUT2D eigenvalue weighted by atomic mass is 10.0. The van der Waals surface area contributed by atoms with Gasteiger partial charge in [0.2, 0.25) is 0 Å². The molecule has 0 spiro atoms. The highest BCUT2D eigenvalue weighted by Crippen LogP contribution is 2.25. The fourth-order valence-corrected chi connectivity index (χ4v) is 1.86. The van der Waals surface area contributed by atoms with E-state index in [0.717, 1.165) is 37.0 Å². The second kappa shape index (κ2) is 7.79. The zero-order valence-corrected chi connectivity index (χ0v) is 11.4. The molecule has 0 aromatic heterocycles. The van der Waals surface area contributed by atoms with Crippen LogP contribution in [0.3, 0.4) is 0 Å². The summed E-state index contributed by atoms with van der Waals surface area (Å²) in [5, 5.41) is 0. The number of hydrogen-bond acceptors (Lipinski definition) is 2. The van der Waals surface area contributed by atoms with E-state index in [-0.39, 0.29) is 6.04 Å². The van der Waals surface area contributed by atoms with Gasteiger partial charge in [-0.1, -0.05) is 25.1 Å². The van der Waals surface area contributed by atoms with Crippen LogP contribution >= 0.6 is 0 Å². The second-order valence-electron chi connectivity index (χ2n) is 4.59. The molecule has 0 saturated carbocycles. The molecule has 2 nitrogen and oxygen atoms in total. The van der Waals surface area contributed by atoms with Crippen LogP contribution in [0.5, 0.6) is 5.75 Å². The molecule has 0 amide bonds. The number of nitrogens with two attached hydrogens (primary N) is 1. The lowest BCUT2D eigenvalue weighted by molar-refractivity contribution is 0.307. The molecular weight excluding hydrogens is 222 g/mol. The van der Waals surface area contributed by atoms with E-state index in [1.165, 1.54) is 5.56 Å². The van der Waals surface area contributed by atoms with E-state index in [4.69, 9.17) is 16.9 Å². The van der Waals surface area contributed by atoms with Crippen LogP contribution in [0.15, 0.2) is 18.2 Å². The van der Waals surface area contributed by atoms with Crippen molar-refractivity contribution < 1.29 is 4.74 Å². The molecule has 1 unspecified atom stereocenters. The first-order valence-corrected chi connectivity index (χ1v) is 6.59. The summed E-state index contributed by atoms with van der Waals surface area (Å²) in [7, 11) is 0. The van der Waals surface area contributed by atoms with E-state index in [2.05, 4.69) is 38.0 Å². The van der Waals surface area contributed by atoms with Crippen molar-refractivity contribution in [3.63, 3.8) is 0 Å². The molecule has 18 heavy (non-hydrogen) atoms. The number of aryl methyl sites for hydroxylation is 1. The predicted molar refractivity (Wildman–Crippen MR) is 76.7 cm³/mol. The number of para-hydroxylation sites is 1. The zero-order valence-electron chi connectivity index (χ0n) is 11.4. The number of unbranched alkanes of at least 4 members (excludes halogenated alkanes) is 1. The molecule has 0 bridgehead atoms. The average molecular weight is 245 g/mol. The van der Waals surface area contributed by atoms with Crippen molar-refractivity contribution in [1.29, 1.82) is 0 Å². The normalized spacial score (nSPS) is 11.9. The van der Waals surface area contributed by atoms with Gasteiger partial charge in [0.15, 0.2) is 0 Å². The fourth-order valence-electron chi connectivity index (χ4n) is 1.86. The first-order valence-electron chi connectivity index (χ1n) is 6.59. The summed E-state index contributed by atoms with van der Waals surface area (Å²) in [6, 6.07) is 6.41. The summed E-state index contributed by atoms with van der Waals surface area (Å²) >= 11 is 0. The molecule has 98 valence electrons. The van der Waals surface area contributed by atoms with Crippen molar-refractivity contribution in [3.8, 4) is 18.1 Å². The summed E-state index contributed by atoms with van der Waals surface area (Å²) in [4.78, 5) is 0. The van der Waals surface area contributed by atoms with Crippen molar-refractivity contribution in [3.05, 3.63) is 29.3 Å². The maximum atomic E-state index is 6.02. The lowest BCUT2D eigenvalue weighted by Crippen LogP contribution is -2.22. The molecule has 1 aromatic carbocycles. The third kappa shape index (κ3) is 4.43. The van der Waals surface area contributed by atoms with Gasteiger partial charge in [-0.3, -0.25) is 0 Å². The third-order valence-electron chi connectivity index (χ3n) is 3.01. The van der Waals surface area contributed by atoms with E-state index in [0.29, 0.717) is 6.61 Å². The van der Waals surface area contributed by atoms with E-state index < -0.39 is 0 Å². The minimum atomic E-state index is 0.194. The van der Waals surface area contributed by atoms with Crippen molar-refractivity contribution in [2.75, 3.05) is 6.61 Å². The molecule has 2 heteroatoms. The first kappa shape index (κ1) is 14.6. The van der Waals surface area contributed by atoms with Crippen LogP contribution in [0.25, 0.3) is 0 Å². The zero-order chi connectivity index (χ0) is 13.4. The third-order valence-corrected chi connectivity index (χ3v) is 3.01. The standard InChI is InChI=1S/C16H23NO/c1-4-6-7-11-18-16-13(3)9-8-10-14(16)12-15(17)5-2/h1,8-10,15H,5-7,11-12,17H2,2-3H3. The smallest absolute Gasteiger partial charge is 0.125 e.